The first-order valence-corrected chi connectivity index (χ1v) is 8.35. The summed E-state index contributed by atoms with van der Waals surface area (Å²) >= 11 is 0. The van der Waals surface area contributed by atoms with Gasteiger partial charge in [0, 0.05) is 6.04 Å². The summed E-state index contributed by atoms with van der Waals surface area (Å²) in [6.45, 7) is 3.70. The highest BCUT2D eigenvalue weighted by atomic mass is 32.2. The molecule has 2 N–H and O–H groups in total. The maximum atomic E-state index is 12.2. The van der Waals surface area contributed by atoms with Gasteiger partial charge in [0.05, 0.1) is 17.4 Å². The molecule has 2 rings (SSSR count). The lowest BCUT2D eigenvalue weighted by Gasteiger charge is -2.29. The van der Waals surface area contributed by atoms with Gasteiger partial charge in [0.2, 0.25) is 10.0 Å². The van der Waals surface area contributed by atoms with E-state index in [1.54, 1.807) is 24.3 Å². The second-order valence-electron chi connectivity index (χ2n) is 5.27. The van der Waals surface area contributed by atoms with Gasteiger partial charge in [-0.3, -0.25) is 0 Å². The molecule has 6 heteroatoms. The van der Waals surface area contributed by atoms with Gasteiger partial charge in [-0.1, -0.05) is 19.1 Å². The summed E-state index contributed by atoms with van der Waals surface area (Å²) in [5.41, 5.74) is 1.12. The van der Waals surface area contributed by atoms with Gasteiger partial charge in [-0.05, 0) is 43.1 Å². The molecule has 2 atom stereocenters. The molecule has 5 nitrogen and oxygen atoms in total. The van der Waals surface area contributed by atoms with E-state index in [0.717, 1.165) is 19.5 Å². The summed E-state index contributed by atoms with van der Waals surface area (Å²) in [6.07, 6.45) is 0.804. The Labute approximate surface area is 120 Å². The Kier molecular flexibility index (Phi) is 4.76. The topological polar surface area (TPSA) is 82.0 Å². The molecule has 0 radical (unpaired) electrons. The van der Waals surface area contributed by atoms with E-state index in [0.29, 0.717) is 11.1 Å². The van der Waals surface area contributed by atoms with Crippen LogP contribution in [0, 0.1) is 17.2 Å². The predicted molar refractivity (Wildman–Crippen MR) is 77.4 cm³/mol. The van der Waals surface area contributed by atoms with Crippen molar-refractivity contribution in [1.82, 2.24) is 10.0 Å². The zero-order valence-corrected chi connectivity index (χ0v) is 12.3. The zero-order chi connectivity index (χ0) is 14.6. The van der Waals surface area contributed by atoms with E-state index in [4.69, 9.17) is 5.26 Å². The van der Waals surface area contributed by atoms with Gasteiger partial charge in [0.25, 0.3) is 0 Å². The van der Waals surface area contributed by atoms with E-state index in [1.807, 2.05) is 13.0 Å². The van der Waals surface area contributed by atoms with E-state index in [1.165, 1.54) is 0 Å². The van der Waals surface area contributed by atoms with Gasteiger partial charge in [0.1, 0.15) is 0 Å². The van der Waals surface area contributed by atoms with Gasteiger partial charge in [-0.25, -0.2) is 13.1 Å². The number of benzene rings is 1. The van der Waals surface area contributed by atoms with Crippen LogP contribution < -0.4 is 10.0 Å². The van der Waals surface area contributed by atoms with Crippen LogP contribution in [0.25, 0.3) is 0 Å². The van der Waals surface area contributed by atoms with Gasteiger partial charge < -0.3 is 5.32 Å². The highest BCUT2D eigenvalue weighted by Gasteiger charge is 2.25. The van der Waals surface area contributed by atoms with Crippen molar-refractivity contribution in [3.63, 3.8) is 0 Å². The average molecular weight is 293 g/mol. The molecule has 1 saturated heterocycles. The van der Waals surface area contributed by atoms with Crippen molar-refractivity contribution in [2.75, 3.05) is 13.1 Å². The summed E-state index contributed by atoms with van der Waals surface area (Å²) in [5, 5.41) is 12.1. The fraction of sp³-hybridized carbons (Fsp3) is 0.500. The van der Waals surface area contributed by atoms with E-state index in [-0.39, 0.29) is 17.7 Å². The van der Waals surface area contributed by atoms with Gasteiger partial charge in [-0.2, -0.15) is 5.26 Å². The van der Waals surface area contributed by atoms with Gasteiger partial charge in [-0.15, -0.1) is 0 Å². The van der Waals surface area contributed by atoms with Gasteiger partial charge in [0.15, 0.2) is 0 Å². The van der Waals surface area contributed by atoms with Crippen molar-refractivity contribution < 1.29 is 8.42 Å². The minimum Gasteiger partial charge on any atom is -0.316 e. The molecule has 1 aliphatic rings. The van der Waals surface area contributed by atoms with Crippen LogP contribution in [0.5, 0.6) is 0 Å². The Hall–Kier alpha value is -1.42. The summed E-state index contributed by atoms with van der Waals surface area (Å²) in [6, 6.07) is 8.72. The number of hydrogen-bond acceptors (Lipinski definition) is 4. The maximum Gasteiger partial charge on any atom is 0.216 e. The van der Waals surface area contributed by atoms with Crippen molar-refractivity contribution in [3.8, 4) is 6.07 Å². The SMILES string of the molecule is CC1CNCCC1NS(=O)(=O)Cc1cccc(C#N)c1. The Balaban J connectivity index is 2.05. The monoisotopic (exact) mass is 293 g/mol. The third kappa shape index (κ3) is 4.04. The molecule has 2 unspecified atom stereocenters. The van der Waals surface area contributed by atoms with Crippen LogP contribution >= 0.6 is 0 Å². The lowest BCUT2D eigenvalue weighted by Crippen LogP contribution is -2.48. The largest absolute Gasteiger partial charge is 0.316 e. The van der Waals surface area contributed by atoms with Crippen molar-refractivity contribution >= 4 is 10.0 Å². The molecule has 0 spiro atoms. The molecule has 1 aromatic carbocycles. The van der Waals surface area contributed by atoms with Crippen LogP contribution in [0.2, 0.25) is 0 Å². The molecule has 108 valence electrons. The highest BCUT2D eigenvalue weighted by Crippen LogP contribution is 2.14. The van der Waals surface area contributed by atoms with Crippen molar-refractivity contribution in [1.29, 1.82) is 5.26 Å². The number of hydrogen-bond donors (Lipinski definition) is 2. The fourth-order valence-corrected chi connectivity index (χ4v) is 3.92. The number of nitrogens with zero attached hydrogens (tertiary/aromatic N) is 1. The average Bonchev–Trinajstić information content (AvgIpc) is 2.41. The Morgan fingerprint density at radius 1 is 1.50 bits per heavy atom. The lowest BCUT2D eigenvalue weighted by atomic mass is 9.97. The van der Waals surface area contributed by atoms with Crippen LogP contribution in [0.4, 0.5) is 0 Å². The molecule has 0 aliphatic carbocycles. The van der Waals surface area contributed by atoms with Crippen molar-refractivity contribution in [2.45, 2.75) is 25.1 Å². The summed E-state index contributed by atoms with van der Waals surface area (Å²) in [4.78, 5) is 0. The third-order valence-electron chi connectivity index (χ3n) is 3.53. The summed E-state index contributed by atoms with van der Waals surface area (Å²) in [7, 11) is -3.38. The first kappa shape index (κ1) is 15.0. The minimum atomic E-state index is -3.38. The normalized spacial score (nSPS) is 23.2. The summed E-state index contributed by atoms with van der Waals surface area (Å²) in [5.74, 6) is 0.197. The smallest absolute Gasteiger partial charge is 0.216 e. The van der Waals surface area contributed by atoms with E-state index < -0.39 is 10.0 Å². The highest BCUT2D eigenvalue weighted by molar-refractivity contribution is 7.88. The molecule has 1 aliphatic heterocycles. The molecule has 1 heterocycles. The second kappa shape index (κ2) is 6.35. The van der Waals surface area contributed by atoms with Crippen molar-refractivity contribution in [2.24, 2.45) is 5.92 Å². The molecular weight excluding hydrogens is 274 g/mol. The number of sulfonamides is 1. The molecule has 0 saturated carbocycles. The number of nitrogens with one attached hydrogen (secondary N) is 2. The molecular formula is C14H19N3O2S. The molecule has 1 aromatic rings. The van der Waals surface area contributed by atoms with E-state index in [9.17, 15) is 8.42 Å². The predicted octanol–water partition coefficient (Wildman–Crippen LogP) is 0.976. The Bertz CT molecular complexity index is 607. The van der Waals surface area contributed by atoms with Crippen LogP contribution in [-0.2, 0) is 15.8 Å². The summed E-state index contributed by atoms with van der Waals surface area (Å²) < 4.78 is 27.2. The quantitative estimate of drug-likeness (QED) is 0.867. The van der Waals surface area contributed by atoms with Crippen LogP contribution in [-0.4, -0.2) is 27.5 Å². The number of nitriles is 1. The molecule has 1 fully saturated rings. The zero-order valence-electron chi connectivity index (χ0n) is 11.5. The molecule has 0 aromatic heterocycles. The maximum absolute atomic E-state index is 12.2. The number of rotatable bonds is 4. The van der Waals surface area contributed by atoms with E-state index >= 15 is 0 Å². The van der Waals surface area contributed by atoms with Crippen LogP contribution in [0.1, 0.15) is 24.5 Å². The molecule has 20 heavy (non-hydrogen) atoms. The molecule has 0 amide bonds. The Morgan fingerprint density at radius 2 is 2.30 bits per heavy atom. The lowest BCUT2D eigenvalue weighted by molar-refractivity contribution is 0.328. The van der Waals surface area contributed by atoms with Crippen molar-refractivity contribution in [3.05, 3.63) is 35.4 Å². The standard InChI is InChI=1S/C14H19N3O2S/c1-11-9-16-6-5-14(11)17-20(18,19)10-13-4-2-3-12(7-13)8-15/h2-4,7,11,14,16-17H,5-6,9-10H2,1H3. The van der Waals surface area contributed by atoms with E-state index in [2.05, 4.69) is 10.0 Å². The van der Waals surface area contributed by atoms with Gasteiger partial charge >= 0.3 is 0 Å². The number of piperidine rings is 1. The second-order valence-corrected chi connectivity index (χ2v) is 7.02. The Morgan fingerprint density at radius 3 is 3.00 bits per heavy atom. The molecule has 0 bridgehead atoms. The van der Waals surface area contributed by atoms with Crippen LogP contribution in [0.3, 0.4) is 0 Å². The van der Waals surface area contributed by atoms with Crippen LogP contribution in [0.15, 0.2) is 24.3 Å². The fourth-order valence-electron chi connectivity index (χ4n) is 2.41. The first-order valence-electron chi connectivity index (χ1n) is 6.70. The first-order chi connectivity index (χ1) is 9.50. The minimum absolute atomic E-state index is 0.0135. The third-order valence-corrected chi connectivity index (χ3v) is 4.90.